The molecule has 0 N–H and O–H groups in total. The molecule has 0 spiro atoms. The maximum absolute atomic E-state index is 5.56. The predicted octanol–water partition coefficient (Wildman–Crippen LogP) is 3.39. The minimum atomic E-state index is 0.777. The summed E-state index contributed by atoms with van der Waals surface area (Å²) >= 11 is 7.53. The molecule has 0 amide bonds. The van der Waals surface area contributed by atoms with E-state index in [1.807, 2.05) is 11.8 Å². The Hall–Kier alpha value is 0.640. The molecular formula is C8H17ClS. The fourth-order valence-corrected chi connectivity index (χ4v) is 2.26. The molecular weight excluding hydrogens is 164 g/mol. The van der Waals surface area contributed by atoms with Crippen molar-refractivity contribution in [2.45, 2.75) is 32.4 Å². The van der Waals surface area contributed by atoms with Crippen molar-refractivity contribution in [3.63, 3.8) is 0 Å². The van der Waals surface area contributed by atoms with E-state index < -0.39 is 0 Å². The molecule has 0 nitrogen and oxygen atoms in total. The van der Waals surface area contributed by atoms with Gasteiger partial charge in [-0.3, -0.25) is 0 Å². The average molecular weight is 181 g/mol. The van der Waals surface area contributed by atoms with Crippen LogP contribution in [0.2, 0.25) is 0 Å². The smallest absolute Gasteiger partial charge is 0.0314 e. The Bertz CT molecular complexity index is 73.7. The Morgan fingerprint density at radius 2 is 1.90 bits per heavy atom. The van der Waals surface area contributed by atoms with Crippen LogP contribution in [0.3, 0.4) is 0 Å². The molecule has 1 atom stereocenters. The first-order valence-corrected chi connectivity index (χ1v) is 5.42. The van der Waals surface area contributed by atoms with E-state index in [1.54, 1.807) is 0 Å². The van der Waals surface area contributed by atoms with E-state index in [0.717, 1.165) is 22.8 Å². The van der Waals surface area contributed by atoms with Crippen LogP contribution in [0.15, 0.2) is 0 Å². The molecule has 0 saturated heterocycles. The van der Waals surface area contributed by atoms with E-state index >= 15 is 0 Å². The van der Waals surface area contributed by atoms with Crippen molar-refractivity contribution in [2.75, 3.05) is 11.6 Å². The Morgan fingerprint density at radius 1 is 1.30 bits per heavy atom. The SMILES string of the molecule is CC(C)CC(C)SCCCl. The van der Waals surface area contributed by atoms with Crippen molar-refractivity contribution in [1.29, 1.82) is 0 Å². The minimum Gasteiger partial charge on any atom is -0.158 e. The van der Waals surface area contributed by atoms with Gasteiger partial charge in [-0.25, -0.2) is 0 Å². The van der Waals surface area contributed by atoms with Crippen LogP contribution in [-0.2, 0) is 0 Å². The van der Waals surface area contributed by atoms with Gasteiger partial charge in [0.15, 0.2) is 0 Å². The lowest BCUT2D eigenvalue weighted by molar-refractivity contribution is 0.585. The minimum absolute atomic E-state index is 0.777. The predicted molar refractivity (Wildman–Crippen MR) is 52.1 cm³/mol. The fourth-order valence-electron chi connectivity index (χ4n) is 0.978. The number of alkyl halides is 1. The van der Waals surface area contributed by atoms with Crippen LogP contribution in [-0.4, -0.2) is 16.9 Å². The lowest BCUT2D eigenvalue weighted by atomic mass is 10.1. The van der Waals surface area contributed by atoms with Crippen molar-refractivity contribution >= 4 is 23.4 Å². The summed E-state index contributed by atoms with van der Waals surface area (Å²) in [6, 6.07) is 0. The van der Waals surface area contributed by atoms with E-state index in [1.165, 1.54) is 6.42 Å². The maximum atomic E-state index is 5.56. The number of thioether (sulfide) groups is 1. The highest BCUT2D eigenvalue weighted by atomic mass is 35.5. The van der Waals surface area contributed by atoms with Gasteiger partial charge in [0.05, 0.1) is 0 Å². The van der Waals surface area contributed by atoms with Crippen LogP contribution in [0.5, 0.6) is 0 Å². The lowest BCUT2D eigenvalue weighted by Crippen LogP contribution is -2.02. The molecule has 0 aliphatic carbocycles. The highest BCUT2D eigenvalue weighted by molar-refractivity contribution is 7.99. The Kier molecular flexibility index (Phi) is 6.76. The Balaban J connectivity index is 3.16. The summed E-state index contributed by atoms with van der Waals surface area (Å²) in [4.78, 5) is 0. The first-order valence-electron chi connectivity index (χ1n) is 3.84. The van der Waals surface area contributed by atoms with Crippen LogP contribution in [0.4, 0.5) is 0 Å². The Labute approximate surface area is 73.7 Å². The van der Waals surface area contributed by atoms with Gasteiger partial charge in [0.2, 0.25) is 0 Å². The second kappa shape index (κ2) is 6.36. The molecule has 0 aromatic carbocycles. The standard InChI is InChI=1S/C8H17ClS/c1-7(2)6-8(3)10-5-4-9/h7-8H,4-6H2,1-3H3. The van der Waals surface area contributed by atoms with E-state index in [2.05, 4.69) is 20.8 Å². The Morgan fingerprint density at radius 3 is 2.30 bits per heavy atom. The molecule has 0 aliphatic heterocycles. The summed E-state index contributed by atoms with van der Waals surface area (Å²) in [5.41, 5.74) is 0. The molecule has 2 heteroatoms. The molecule has 0 heterocycles. The van der Waals surface area contributed by atoms with Gasteiger partial charge < -0.3 is 0 Å². The molecule has 10 heavy (non-hydrogen) atoms. The fraction of sp³-hybridized carbons (Fsp3) is 1.00. The largest absolute Gasteiger partial charge is 0.158 e. The van der Waals surface area contributed by atoms with Crippen LogP contribution >= 0.6 is 23.4 Å². The molecule has 0 saturated carbocycles. The van der Waals surface area contributed by atoms with E-state index in [-0.39, 0.29) is 0 Å². The van der Waals surface area contributed by atoms with Gasteiger partial charge in [-0.2, -0.15) is 11.8 Å². The number of halogens is 1. The third-order valence-electron chi connectivity index (χ3n) is 1.28. The zero-order valence-corrected chi connectivity index (χ0v) is 8.63. The summed E-state index contributed by atoms with van der Waals surface area (Å²) in [5, 5.41) is 0.777. The zero-order valence-electron chi connectivity index (χ0n) is 7.06. The molecule has 62 valence electrons. The van der Waals surface area contributed by atoms with Gasteiger partial charge in [-0.15, -0.1) is 11.6 Å². The molecule has 0 aliphatic rings. The quantitative estimate of drug-likeness (QED) is 0.585. The lowest BCUT2D eigenvalue weighted by Gasteiger charge is -2.11. The van der Waals surface area contributed by atoms with Gasteiger partial charge in [-0.1, -0.05) is 20.8 Å². The van der Waals surface area contributed by atoms with Crippen molar-refractivity contribution in [3.8, 4) is 0 Å². The van der Waals surface area contributed by atoms with Gasteiger partial charge >= 0.3 is 0 Å². The highest BCUT2D eigenvalue weighted by Crippen LogP contribution is 2.18. The second-order valence-corrected chi connectivity index (χ2v) is 4.92. The normalized spacial score (nSPS) is 14.1. The third kappa shape index (κ3) is 6.76. The summed E-state index contributed by atoms with van der Waals surface area (Å²) < 4.78 is 0. The second-order valence-electron chi connectivity index (χ2n) is 3.00. The number of hydrogen-bond acceptors (Lipinski definition) is 1. The van der Waals surface area contributed by atoms with Crippen molar-refractivity contribution < 1.29 is 0 Å². The number of rotatable bonds is 5. The van der Waals surface area contributed by atoms with Crippen molar-refractivity contribution in [2.24, 2.45) is 5.92 Å². The third-order valence-corrected chi connectivity index (χ3v) is 2.90. The first-order chi connectivity index (χ1) is 4.66. The summed E-state index contributed by atoms with van der Waals surface area (Å²) in [7, 11) is 0. The van der Waals surface area contributed by atoms with Gasteiger partial charge in [-0.05, 0) is 12.3 Å². The monoisotopic (exact) mass is 180 g/mol. The highest BCUT2D eigenvalue weighted by Gasteiger charge is 2.03. The van der Waals surface area contributed by atoms with Crippen LogP contribution in [0.1, 0.15) is 27.2 Å². The van der Waals surface area contributed by atoms with Gasteiger partial charge in [0.25, 0.3) is 0 Å². The molecule has 0 bridgehead atoms. The molecule has 0 aromatic heterocycles. The summed E-state index contributed by atoms with van der Waals surface area (Å²) in [6.45, 7) is 6.80. The molecule has 0 aromatic rings. The van der Waals surface area contributed by atoms with Crippen LogP contribution in [0.25, 0.3) is 0 Å². The first kappa shape index (κ1) is 10.6. The molecule has 0 rings (SSSR count). The van der Waals surface area contributed by atoms with Crippen molar-refractivity contribution in [3.05, 3.63) is 0 Å². The maximum Gasteiger partial charge on any atom is 0.0314 e. The van der Waals surface area contributed by atoms with Gasteiger partial charge in [0, 0.05) is 16.9 Å². The van der Waals surface area contributed by atoms with Crippen LogP contribution in [0, 0.1) is 5.92 Å². The molecule has 1 unspecified atom stereocenters. The van der Waals surface area contributed by atoms with Crippen molar-refractivity contribution in [1.82, 2.24) is 0 Å². The van der Waals surface area contributed by atoms with E-state index in [0.29, 0.717) is 0 Å². The number of hydrogen-bond donors (Lipinski definition) is 0. The van der Waals surface area contributed by atoms with Gasteiger partial charge in [0.1, 0.15) is 0 Å². The van der Waals surface area contributed by atoms with Crippen LogP contribution < -0.4 is 0 Å². The van der Waals surface area contributed by atoms with E-state index in [4.69, 9.17) is 11.6 Å². The zero-order chi connectivity index (χ0) is 7.98. The topological polar surface area (TPSA) is 0 Å². The summed E-state index contributed by atoms with van der Waals surface area (Å²) in [6.07, 6.45) is 1.31. The molecule has 0 radical (unpaired) electrons. The average Bonchev–Trinajstić information content (AvgIpc) is 1.82. The van der Waals surface area contributed by atoms with E-state index in [9.17, 15) is 0 Å². The molecule has 0 fully saturated rings. The summed E-state index contributed by atoms with van der Waals surface area (Å²) in [5.74, 6) is 2.69.